The van der Waals surface area contributed by atoms with Crippen LogP contribution >= 0.6 is 11.8 Å². The standard InChI is InChI=1S/C14H16N2O2S/c1-10-8-16(14(15-10)19-9-13(17)18)11(2)12-6-4-3-5-7-12/h3-8,11H,9H2,1-2H3,(H,17,18). The maximum absolute atomic E-state index is 10.7. The van der Waals surface area contributed by atoms with Gasteiger partial charge in [0.05, 0.1) is 17.5 Å². The van der Waals surface area contributed by atoms with E-state index < -0.39 is 5.97 Å². The van der Waals surface area contributed by atoms with Gasteiger partial charge in [-0.25, -0.2) is 4.98 Å². The van der Waals surface area contributed by atoms with Gasteiger partial charge in [-0.2, -0.15) is 0 Å². The Bertz CT molecular complexity index is 566. The second kappa shape index (κ2) is 5.93. The maximum atomic E-state index is 10.7. The molecule has 100 valence electrons. The fourth-order valence-corrected chi connectivity index (χ4v) is 2.72. The van der Waals surface area contributed by atoms with E-state index in [0.29, 0.717) is 0 Å². The Morgan fingerprint density at radius 2 is 2.11 bits per heavy atom. The molecule has 0 saturated carbocycles. The molecule has 1 N–H and O–H groups in total. The zero-order chi connectivity index (χ0) is 13.8. The molecule has 1 aromatic heterocycles. The molecule has 4 nitrogen and oxygen atoms in total. The Balaban J connectivity index is 2.26. The molecule has 0 aliphatic carbocycles. The smallest absolute Gasteiger partial charge is 0.313 e. The summed E-state index contributed by atoms with van der Waals surface area (Å²) in [6.45, 7) is 4.00. The summed E-state index contributed by atoms with van der Waals surface area (Å²) in [5.74, 6) is -0.803. The van der Waals surface area contributed by atoms with Gasteiger partial charge in [-0.3, -0.25) is 4.79 Å². The summed E-state index contributed by atoms with van der Waals surface area (Å²) in [5, 5.41) is 9.52. The van der Waals surface area contributed by atoms with Crippen molar-refractivity contribution in [1.29, 1.82) is 0 Å². The lowest BCUT2D eigenvalue weighted by Gasteiger charge is -2.16. The lowest BCUT2D eigenvalue weighted by atomic mass is 10.1. The molecule has 0 aliphatic rings. The highest BCUT2D eigenvalue weighted by molar-refractivity contribution is 7.99. The van der Waals surface area contributed by atoms with Crippen molar-refractivity contribution in [3.8, 4) is 0 Å². The van der Waals surface area contributed by atoms with E-state index in [2.05, 4.69) is 24.0 Å². The number of nitrogens with zero attached hydrogens (tertiary/aromatic N) is 2. The number of aliphatic carboxylic acids is 1. The van der Waals surface area contributed by atoms with Crippen LogP contribution in [0.25, 0.3) is 0 Å². The number of carbonyl (C=O) groups is 1. The first-order valence-electron chi connectivity index (χ1n) is 6.03. The van der Waals surface area contributed by atoms with Crippen LogP contribution in [0, 0.1) is 6.92 Å². The predicted octanol–water partition coefficient (Wildman–Crippen LogP) is 2.98. The van der Waals surface area contributed by atoms with E-state index >= 15 is 0 Å². The molecule has 0 amide bonds. The van der Waals surface area contributed by atoms with Crippen LogP contribution in [0.15, 0.2) is 41.7 Å². The number of aryl methyl sites for hydroxylation is 1. The molecule has 0 saturated heterocycles. The van der Waals surface area contributed by atoms with Gasteiger partial charge in [-0.05, 0) is 19.4 Å². The summed E-state index contributed by atoms with van der Waals surface area (Å²) >= 11 is 1.25. The molecule has 0 aliphatic heterocycles. The summed E-state index contributed by atoms with van der Waals surface area (Å²) < 4.78 is 2.03. The molecule has 0 fully saturated rings. The maximum Gasteiger partial charge on any atom is 0.313 e. The third kappa shape index (κ3) is 3.38. The van der Waals surface area contributed by atoms with Gasteiger partial charge >= 0.3 is 5.97 Å². The number of hydrogen-bond donors (Lipinski definition) is 1. The van der Waals surface area contributed by atoms with Gasteiger partial charge in [0.1, 0.15) is 0 Å². The van der Waals surface area contributed by atoms with E-state index in [1.165, 1.54) is 17.3 Å². The van der Waals surface area contributed by atoms with E-state index in [1.54, 1.807) is 0 Å². The molecule has 0 spiro atoms. The molecule has 0 radical (unpaired) electrons. The van der Waals surface area contributed by atoms with Crippen LogP contribution in [-0.4, -0.2) is 26.4 Å². The van der Waals surface area contributed by atoms with Crippen molar-refractivity contribution in [2.45, 2.75) is 25.0 Å². The molecule has 1 atom stereocenters. The molecule has 1 heterocycles. The monoisotopic (exact) mass is 276 g/mol. The van der Waals surface area contributed by atoms with Gasteiger partial charge in [0.15, 0.2) is 5.16 Å². The minimum Gasteiger partial charge on any atom is -0.481 e. The number of aromatic nitrogens is 2. The van der Waals surface area contributed by atoms with Gasteiger partial charge in [0.2, 0.25) is 0 Å². The summed E-state index contributed by atoms with van der Waals surface area (Å²) in [6, 6.07) is 10.2. The van der Waals surface area contributed by atoms with Crippen LogP contribution < -0.4 is 0 Å². The van der Waals surface area contributed by atoms with Crippen LogP contribution in [0.5, 0.6) is 0 Å². The number of carboxylic acid groups (broad SMARTS) is 1. The minimum absolute atomic E-state index is 0.0258. The van der Waals surface area contributed by atoms with Gasteiger partial charge in [-0.15, -0.1) is 0 Å². The van der Waals surface area contributed by atoms with Gasteiger partial charge in [-0.1, -0.05) is 42.1 Å². The molecule has 2 rings (SSSR count). The summed E-state index contributed by atoms with van der Waals surface area (Å²) in [5.41, 5.74) is 2.08. The van der Waals surface area contributed by atoms with Gasteiger partial charge in [0, 0.05) is 6.20 Å². The van der Waals surface area contributed by atoms with E-state index in [9.17, 15) is 4.79 Å². The topological polar surface area (TPSA) is 55.1 Å². The van der Waals surface area contributed by atoms with Crippen molar-refractivity contribution in [1.82, 2.24) is 9.55 Å². The average molecular weight is 276 g/mol. The number of thioether (sulfide) groups is 1. The second-order valence-electron chi connectivity index (χ2n) is 4.34. The quantitative estimate of drug-likeness (QED) is 0.853. The van der Waals surface area contributed by atoms with Gasteiger partial charge < -0.3 is 9.67 Å². The first kappa shape index (κ1) is 13.7. The summed E-state index contributed by atoms with van der Waals surface area (Å²) in [6.07, 6.45) is 1.96. The molecular formula is C14H16N2O2S. The Hall–Kier alpha value is -1.75. The zero-order valence-corrected chi connectivity index (χ0v) is 11.7. The van der Waals surface area contributed by atoms with Crippen molar-refractivity contribution in [2.24, 2.45) is 0 Å². The fourth-order valence-electron chi connectivity index (χ4n) is 1.90. The first-order valence-corrected chi connectivity index (χ1v) is 7.01. The van der Waals surface area contributed by atoms with Crippen LogP contribution in [-0.2, 0) is 4.79 Å². The largest absolute Gasteiger partial charge is 0.481 e. The van der Waals surface area contributed by atoms with Crippen LogP contribution in [0.4, 0.5) is 0 Å². The molecule has 1 aromatic carbocycles. The van der Waals surface area contributed by atoms with Gasteiger partial charge in [0.25, 0.3) is 0 Å². The normalized spacial score (nSPS) is 12.3. The molecule has 5 heteroatoms. The van der Waals surface area contributed by atoms with Crippen molar-refractivity contribution < 1.29 is 9.90 Å². The number of rotatable bonds is 5. The third-order valence-corrected chi connectivity index (χ3v) is 3.79. The Labute approximate surface area is 116 Å². The van der Waals surface area contributed by atoms with Crippen LogP contribution in [0.1, 0.15) is 24.2 Å². The number of hydrogen-bond acceptors (Lipinski definition) is 3. The van der Waals surface area contributed by atoms with E-state index in [0.717, 1.165) is 10.9 Å². The first-order chi connectivity index (χ1) is 9.08. The second-order valence-corrected chi connectivity index (χ2v) is 5.28. The third-order valence-electron chi connectivity index (χ3n) is 2.84. The minimum atomic E-state index is -0.829. The summed E-state index contributed by atoms with van der Waals surface area (Å²) in [7, 11) is 0. The number of benzene rings is 1. The molecule has 1 unspecified atom stereocenters. The predicted molar refractivity (Wildman–Crippen MR) is 75.6 cm³/mol. The SMILES string of the molecule is Cc1cn(C(C)c2ccccc2)c(SCC(=O)O)n1. The molecule has 0 bridgehead atoms. The zero-order valence-electron chi connectivity index (χ0n) is 10.9. The molecule has 2 aromatic rings. The molecular weight excluding hydrogens is 260 g/mol. The van der Waals surface area contributed by atoms with Crippen molar-refractivity contribution in [3.63, 3.8) is 0 Å². The Kier molecular flexibility index (Phi) is 4.27. The number of imidazole rings is 1. The van der Waals surface area contributed by atoms with Crippen molar-refractivity contribution in [2.75, 3.05) is 5.75 Å². The number of carboxylic acids is 1. The van der Waals surface area contributed by atoms with Crippen LogP contribution in [0.2, 0.25) is 0 Å². The highest BCUT2D eigenvalue weighted by Crippen LogP contribution is 2.25. The van der Waals surface area contributed by atoms with E-state index in [-0.39, 0.29) is 11.8 Å². The highest BCUT2D eigenvalue weighted by Gasteiger charge is 2.14. The average Bonchev–Trinajstić information content (AvgIpc) is 2.78. The Morgan fingerprint density at radius 1 is 1.42 bits per heavy atom. The van der Waals surface area contributed by atoms with E-state index in [1.807, 2.05) is 35.9 Å². The highest BCUT2D eigenvalue weighted by atomic mass is 32.2. The lowest BCUT2D eigenvalue weighted by Crippen LogP contribution is -2.08. The van der Waals surface area contributed by atoms with Crippen molar-refractivity contribution in [3.05, 3.63) is 47.8 Å². The molecule has 19 heavy (non-hydrogen) atoms. The fraction of sp³-hybridized carbons (Fsp3) is 0.286. The van der Waals surface area contributed by atoms with E-state index in [4.69, 9.17) is 5.11 Å². The summed E-state index contributed by atoms with van der Waals surface area (Å²) in [4.78, 5) is 15.1. The van der Waals surface area contributed by atoms with Crippen LogP contribution in [0.3, 0.4) is 0 Å². The Morgan fingerprint density at radius 3 is 2.74 bits per heavy atom. The van der Waals surface area contributed by atoms with Crippen molar-refractivity contribution >= 4 is 17.7 Å². The lowest BCUT2D eigenvalue weighted by molar-refractivity contribution is -0.133.